The Bertz CT molecular complexity index is 499. The van der Waals surface area contributed by atoms with E-state index in [-0.39, 0.29) is 24.1 Å². The Labute approximate surface area is 145 Å². The van der Waals surface area contributed by atoms with Crippen molar-refractivity contribution < 1.29 is 9.90 Å². The average molecular weight is 333 g/mol. The summed E-state index contributed by atoms with van der Waals surface area (Å²) in [6, 6.07) is 9.99. The molecule has 1 aliphatic heterocycles. The van der Waals surface area contributed by atoms with E-state index in [2.05, 4.69) is 27.7 Å². The number of nitrogens with zero attached hydrogens (tertiary/aromatic N) is 1. The molecule has 5 heteroatoms. The van der Waals surface area contributed by atoms with Gasteiger partial charge >= 0.3 is 6.03 Å². The topological polar surface area (TPSA) is 64.6 Å². The van der Waals surface area contributed by atoms with Gasteiger partial charge in [0.05, 0.1) is 6.04 Å². The lowest BCUT2D eigenvalue weighted by Gasteiger charge is -2.27. The van der Waals surface area contributed by atoms with Crippen molar-refractivity contribution in [1.29, 1.82) is 0 Å². The molecule has 0 bridgehead atoms. The molecule has 0 aromatic heterocycles. The Morgan fingerprint density at radius 1 is 1.25 bits per heavy atom. The molecule has 5 nitrogen and oxygen atoms in total. The third-order valence-corrected chi connectivity index (χ3v) is 4.66. The number of aliphatic hydroxyl groups excluding tert-OH is 1. The van der Waals surface area contributed by atoms with Gasteiger partial charge in [-0.1, -0.05) is 44.2 Å². The number of likely N-dealkylation sites (tertiary alicyclic amines) is 1. The van der Waals surface area contributed by atoms with E-state index in [1.807, 2.05) is 32.0 Å². The quantitative estimate of drug-likeness (QED) is 0.685. The summed E-state index contributed by atoms with van der Waals surface area (Å²) in [5.41, 5.74) is 1.03. The fraction of sp³-hybridized carbons (Fsp3) is 0.632. The van der Waals surface area contributed by atoms with Gasteiger partial charge in [-0.15, -0.1) is 0 Å². The standard InChI is InChI=1S/C19H31N3O2/c1-19(2,10-13-23)15-20-18(24)21-17(14-22-11-6-7-12-22)16-8-4-3-5-9-16/h3-5,8-9,17,23H,6-7,10-15H2,1-2H3,(H2,20,21,24). The molecule has 1 aliphatic rings. The maximum Gasteiger partial charge on any atom is 0.315 e. The number of hydrogen-bond acceptors (Lipinski definition) is 3. The van der Waals surface area contributed by atoms with Crippen molar-refractivity contribution in [2.45, 2.75) is 39.2 Å². The van der Waals surface area contributed by atoms with Crippen molar-refractivity contribution in [3.8, 4) is 0 Å². The predicted octanol–water partition coefficient (Wildman–Crippen LogP) is 2.53. The molecule has 0 aliphatic carbocycles. The molecular formula is C19H31N3O2. The molecule has 1 saturated heterocycles. The second-order valence-electron chi connectivity index (χ2n) is 7.44. The Kier molecular flexibility index (Phi) is 7.06. The van der Waals surface area contributed by atoms with E-state index in [1.54, 1.807) is 0 Å². The summed E-state index contributed by atoms with van der Waals surface area (Å²) >= 11 is 0. The van der Waals surface area contributed by atoms with E-state index in [9.17, 15) is 4.79 Å². The summed E-state index contributed by atoms with van der Waals surface area (Å²) in [6.07, 6.45) is 3.15. The Morgan fingerprint density at radius 2 is 1.92 bits per heavy atom. The summed E-state index contributed by atoms with van der Waals surface area (Å²) in [4.78, 5) is 14.8. The van der Waals surface area contributed by atoms with Gasteiger partial charge in [-0.25, -0.2) is 4.79 Å². The van der Waals surface area contributed by atoms with Gasteiger partial charge in [0.25, 0.3) is 0 Å². The highest BCUT2D eigenvalue weighted by molar-refractivity contribution is 5.74. The number of hydrogen-bond donors (Lipinski definition) is 3. The first-order chi connectivity index (χ1) is 11.5. The predicted molar refractivity (Wildman–Crippen MR) is 96.9 cm³/mol. The smallest absolute Gasteiger partial charge is 0.315 e. The molecule has 1 atom stereocenters. The molecule has 1 unspecified atom stereocenters. The van der Waals surface area contributed by atoms with Crippen LogP contribution in [0.2, 0.25) is 0 Å². The highest BCUT2D eigenvalue weighted by Gasteiger charge is 2.22. The zero-order chi connectivity index (χ0) is 17.4. The molecule has 0 saturated carbocycles. The lowest BCUT2D eigenvalue weighted by molar-refractivity contribution is 0.198. The van der Waals surface area contributed by atoms with Crippen LogP contribution in [-0.2, 0) is 0 Å². The van der Waals surface area contributed by atoms with Gasteiger partial charge < -0.3 is 20.6 Å². The summed E-state index contributed by atoms with van der Waals surface area (Å²) in [5.74, 6) is 0. The minimum absolute atomic E-state index is 0.00902. The van der Waals surface area contributed by atoms with E-state index in [1.165, 1.54) is 12.8 Å². The van der Waals surface area contributed by atoms with Crippen molar-refractivity contribution >= 4 is 6.03 Å². The maximum atomic E-state index is 12.3. The van der Waals surface area contributed by atoms with E-state index in [4.69, 9.17) is 5.11 Å². The lowest BCUT2D eigenvalue weighted by atomic mass is 9.90. The largest absolute Gasteiger partial charge is 0.396 e. The van der Waals surface area contributed by atoms with Crippen LogP contribution < -0.4 is 10.6 Å². The second-order valence-corrected chi connectivity index (χ2v) is 7.44. The summed E-state index contributed by atoms with van der Waals surface area (Å²) < 4.78 is 0. The number of nitrogens with one attached hydrogen (secondary N) is 2. The zero-order valence-corrected chi connectivity index (χ0v) is 14.9. The number of aliphatic hydroxyl groups is 1. The number of benzene rings is 1. The van der Waals surface area contributed by atoms with E-state index in [0.29, 0.717) is 13.0 Å². The van der Waals surface area contributed by atoms with Crippen LogP contribution in [-0.4, -0.2) is 48.8 Å². The molecule has 0 spiro atoms. The third kappa shape index (κ3) is 6.13. The number of amides is 2. The molecule has 24 heavy (non-hydrogen) atoms. The van der Waals surface area contributed by atoms with Gasteiger partial charge in [0, 0.05) is 19.7 Å². The average Bonchev–Trinajstić information content (AvgIpc) is 3.06. The number of carbonyl (C=O) groups excluding carboxylic acids is 1. The number of rotatable bonds is 8. The van der Waals surface area contributed by atoms with Crippen LogP contribution in [0, 0.1) is 5.41 Å². The van der Waals surface area contributed by atoms with Crippen molar-refractivity contribution in [2.24, 2.45) is 5.41 Å². The Balaban J connectivity index is 1.93. The van der Waals surface area contributed by atoms with Crippen molar-refractivity contribution in [3.63, 3.8) is 0 Å². The third-order valence-electron chi connectivity index (χ3n) is 4.66. The van der Waals surface area contributed by atoms with E-state index in [0.717, 1.165) is 25.2 Å². The summed E-state index contributed by atoms with van der Waals surface area (Å²) in [5, 5.41) is 15.2. The fourth-order valence-electron chi connectivity index (χ4n) is 3.06. The molecule has 2 amide bonds. The Hall–Kier alpha value is -1.59. The van der Waals surface area contributed by atoms with Crippen LogP contribution >= 0.6 is 0 Å². The molecule has 1 heterocycles. The minimum Gasteiger partial charge on any atom is -0.396 e. The first kappa shape index (κ1) is 18.7. The maximum absolute atomic E-state index is 12.3. The zero-order valence-electron chi connectivity index (χ0n) is 14.9. The molecule has 0 radical (unpaired) electrons. The van der Waals surface area contributed by atoms with Crippen molar-refractivity contribution in [1.82, 2.24) is 15.5 Å². The summed E-state index contributed by atoms with van der Waals surface area (Å²) in [7, 11) is 0. The lowest BCUT2D eigenvalue weighted by Crippen LogP contribution is -2.45. The van der Waals surface area contributed by atoms with Gasteiger partial charge in [0.15, 0.2) is 0 Å². The number of urea groups is 1. The molecule has 1 aromatic rings. The van der Waals surface area contributed by atoms with Crippen molar-refractivity contribution in [2.75, 3.05) is 32.8 Å². The van der Waals surface area contributed by atoms with E-state index >= 15 is 0 Å². The van der Waals surface area contributed by atoms with Gasteiger partial charge in [-0.05, 0) is 43.3 Å². The minimum atomic E-state index is -0.144. The summed E-state index contributed by atoms with van der Waals surface area (Å²) in [6.45, 7) is 7.83. The Morgan fingerprint density at radius 3 is 2.54 bits per heavy atom. The van der Waals surface area contributed by atoms with Crippen LogP contribution in [0.4, 0.5) is 4.79 Å². The number of carbonyl (C=O) groups is 1. The van der Waals surface area contributed by atoms with Crippen LogP contribution in [0.5, 0.6) is 0 Å². The van der Waals surface area contributed by atoms with Gasteiger partial charge in [0.2, 0.25) is 0 Å². The van der Waals surface area contributed by atoms with Crippen LogP contribution in [0.15, 0.2) is 30.3 Å². The molecular weight excluding hydrogens is 302 g/mol. The van der Waals surface area contributed by atoms with Gasteiger partial charge in [0.1, 0.15) is 0 Å². The SMILES string of the molecule is CC(C)(CCO)CNC(=O)NC(CN1CCCC1)c1ccccc1. The van der Waals surface area contributed by atoms with Crippen LogP contribution in [0.25, 0.3) is 0 Å². The first-order valence-electron chi connectivity index (χ1n) is 8.93. The highest BCUT2D eigenvalue weighted by Crippen LogP contribution is 2.19. The fourth-order valence-corrected chi connectivity index (χ4v) is 3.06. The van der Waals surface area contributed by atoms with Gasteiger partial charge in [-0.3, -0.25) is 0 Å². The normalized spacial score (nSPS) is 16.8. The highest BCUT2D eigenvalue weighted by atomic mass is 16.3. The van der Waals surface area contributed by atoms with Gasteiger partial charge in [-0.2, -0.15) is 0 Å². The van der Waals surface area contributed by atoms with Crippen molar-refractivity contribution in [3.05, 3.63) is 35.9 Å². The van der Waals surface area contributed by atoms with E-state index < -0.39 is 0 Å². The molecule has 2 rings (SSSR count). The van der Waals surface area contributed by atoms with Crippen LogP contribution in [0.1, 0.15) is 44.7 Å². The molecule has 134 valence electrons. The molecule has 3 N–H and O–H groups in total. The second kappa shape index (κ2) is 9.04. The van der Waals surface area contributed by atoms with Crippen LogP contribution in [0.3, 0.4) is 0 Å². The molecule has 1 fully saturated rings. The monoisotopic (exact) mass is 333 g/mol. The first-order valence-corrected chi connectivity index (χ1v) is 8.93. The molecule has 1 aromatic carbocycles.